The third-order valence-corrected chi connectivity index (χ3v) is 3.51. The Morgan fingerprint density at radius 3 is 2.74 bits per heavy atom. The van der Waals surface area contributed by atoms with Gasteiger partial charge < -0.3 is 9.84 Å². The first-order valence-corrected chi connectivity index (χ1v) is 6.55. The highest BCUT2D eigenvalue weighted by Crippen LogP contribution is 2.26. The zero-order chi connectivity index (χ0) is 13.2. The molecule has 4 heteroatoms. The van der Waals surface area contributed by atoms with Crippen LogP contribution < -0.4 is 5.32 Å². The van der Waals surface area contributed by atoms with Crippen molar-refractivity contribution >= 4 is 5.91 Å². The van der Waals surface area contributed by atoms with Gasteiger partial charge in [0.25, 0.3) is 5.91 Å². The topological polar surface area (TPSA) is 55.1 Å². The number of nitrogens with one attached hydrogen (secondary N) is 1. The van der Waals surface area contributed by atoms with Gasteiger partial charge in [0.1, 0.15) is 5.69 Å². The van der Waals surface area contributed by atoms with Crippen LogP contribution in [0.2, 0.25) is 0 Å². The van der Waals surface area contributed by atoms with Crippen LogP contribution in [0.15, 0.2) is 40.9 Å². The number of hydrogen-bond donors (Lipinski definition) is 1. The van der Waals surface area contributed by atoms with Gasteiger partial charge in [-0.15, -0.1) is 0 Å². The van der Waals surface area contributed by atoms with Crippen molar-refractivity contribution in [2.75, 3.05) is 0 Å². The Bertz CT molecular complexity index is 571. The van der Waals surface area contributed by atoms with E-state index in [0.29, 0.717) is 11.6 Å². The number of carbonyl (C=O) groups is 1. The predicted octanol–water partition coefficient (Wildman–Crippen LogP) is 2.87. The standard InChI is InChI=1S/C15H16N2O2/c1-10-7-12(8-10)16-15(18)14-9-13(17-19-14)11-5-3-2-4-6-11/h2-6,9-10,12H,7-8H2,1H3,(H,16,18)/t10-,12-. The Hall–Kier alpha value is -2.10. The lowest BCUT2D eigenvalue weighted by Crippen LogP contribution is -2.43. The third kappa shape index (κ3) is 2.52. The molecule has 1 heterocycles. The maximum Gasteiger partial charge on any atom is 0.290 e. The van der Waals surface area contributed by atoms with Gasteiger partial charge in [-0.2, -0.15) is 0 Å². The number of amides is 1. The van der Waals surface area contributed by atoms with E-state index in [1.54, 1.807) is 6.07 Å². The lowest BCUT2D eigenvalue weighted by Gasteiger charge is -2.32. The van der Waals surface area contributed by atoms with Crippen molar-refractivity contribution in [3.8, 4) is 11.3 Å². The fourth-order valence-electron chi connectivity index (χ4n) is 2.40. The van der Waals surface area contributed by atoms with E-state index < -0.39 is 0 Å². The zero-order valence-electron chi connectivity index (χ0n) is 10.8. The second kappa shape index (κ2) is 4.88. The van der Waals surface area contributed by atoms with Crippen LogP contribution in [0.25, 0.3) is 11.3 Å². The molecular formula is C15H16N2O2. The molecule has 1 N–H and O–H groups in total. The SMILES string of the molecule is C[C@H]1C[C@H](NC(=O)c2cc(-c3ccccc3)no2)C1. The summed E-state index contributed by atoms with van der Waals surface area (Å²) in [5.74, 6) is 0.810. The Morgan fingerprint density at radius 2 is 2.05 bits per heavy atom. The molecule has 0 atom stereocenters. The lowest BCUT2D eigenvalue weighted by atomic mass is 9.82. The maximum absolute atomic E-state index is 12.0. The van der Waals surface area contributed by atoms with Crippen LogP contribution >= 0.6 is 0 Å². The molecule has 1 fully saturated rings. The van der Waals surface area contributed by atoms with Gasteiger partial charge in [0.2, 0.25) is 5.76 Å². The minimum absolute atomic E-state index is 0.174. The van der Waals surface area contributed by atoms with Gasteiger partial charge in [0.15, 0.2) is 0 Å². The van der Waals surface area contributed by atoms with Gasteiger partial charge in [0.05, 0.1) is 0 Å². The molecule has 0 spiro atoms. The lowest BCUT2D eigenvalue weighted by molar-refractivity contribution is 0.0858. The molecule has 1 saturated carbocycles. The Balaban J connectivity index is 1.69. The molecule has 1 aliphatic rings. The first kappa shape index (κ1) is 12.0. The van der Waals surface area contributed by atoms with Crippen molar-refractivity contribution in [3.63, 3.8) is 0 Å². The van der Waals surface area contributed by atoms with E-state index in [-0.39, 0.29) is 17.7 Å². The fraction of sp³-hybridized carbons (Fsp3) is 0.333. The Kier molecular flexibility index (Phi) is 3.07. The number of aromatic nitrogens is 1. The molecule has 0 radical (unpaired) electrons. The quantitative estimate of drug-likeness (QED) is 0.918. The summed E-state index contributed by atoms with van der Waals surface area (Å²) in [5.41, 5.74) is 1.63. The summed E-state index contributed by atoms with van der Waals surface area (Å²) in [5, 5.41) is 6.89. The molecule has 1 amide bonds. The number of rotatable bonds is 3. The number of benzene rings is 1. The summed E-state index contributed by atoms with van der Waals surface area (Å²) in [6.07, 6.45) is 2.09. The van der Waals surface area contributed by atoms with E-state index in [9.17, 15) is 4.79 Å². The number of hydrogen-bond acceptors (Lipinski definition) is 3. The van der Waals surface area contributed by atoms with Gasteiger partial charge in [0, 0.05) is 17.7 Å². The second-order valence-electron chi connectivity index (χ2n) is 5.19. The van der Waals surface area contributed by atoms with Crippen LogP contribution in [0.3, 0.4) is 0 Å². The molecule has 1 aliphatic carbocycles. The Morgan fingerprint density at radius 1 is 1.32 bits per heavy atom. The van der Waals surface area contributed by atoms with E-state index in [2.05, 4.69) is 17.4 Å². The molecule has 1 aromatic carbocycles. The van der Waals surface area contributed by atoms with Crippen LogP contribution in [0.5, 0.6) is 0 Å². The van der Waals surface area contributed by atoms with E-state index >= 15 is 0 Å². The van der Waals surface area contributed by atoms with E-state index in [0.717, 1.165) is 18.4 Å². The average molecular weight is 256 g/mol. The van der Waals surface area contributed by atoms with Gasteiger partial charge in [-0.3, -0.25) is 4.79 Å². The normalized spacial score (nSPS) is 21.7. The van der Waals surface area contributed by atoms with E-state index in [1.165, 1.54) is 0 Å². The summed E-state index contributed by atoms with van der Waals surface area (Å²) in [7, 11) is 0. The van der Waals surface area contributed by atoms with Crippen molar-refractivity contribution in [2.45, 2.75) is 25.8 Å². The molecule has 1 aromatic heterocycles. The zero-order valence-corrected chi connectivity index (χ0v) is 10.8. The first-order valence-electron chi connectivity index (χ1n) is 6.55. The van der Waals surface area contributed by atoms with Gasteiger partial charge >= 0.3 is 0 Å². The molecule has 4 nitrogen and oxygen atoms in total. The van der Waals surface area contributed by atoms with E-state index in [4.69, 9.17) is 4.52 Å². The predicted molar refractivity (Wildman–Crippen MR) is 71.6 cm³/mol. The summed E-state index contributed by atoms with van der Waals surface area (Å²) in [6, 6.07) is 11.6. The van der Waals surface area contributed by atoms with Crippen LogP contribution in [-0.2, 0) is 0 Å². The monoisotopic (exact) mass is 256 g/mol. The third-order valence-electron chi connectivity index (χ3n) is 3.51. The summed E-state index contributed by atoms with van der Waals surface area (Å²) in [4.78, 5) is 12.0. The van der Waals surface area contributed by atoms with Crippen molar-refractivity contribution in [3.05, 3.63) is 42.2 Å². The summed E-state index contributed by atoms with van der Waals surface area (Å²) < 4.78 is 5.12. The van der Waals surface area contributed by atoms with Gasteiger partial charge in [-0.25, -0.2) is 0 Å². The average Bonchev–Trinajstić information content (AvgIpc) is 2.87. The summed E-state index contributed by atoms with van der Waals surface area (Å²) in [6.45, 7) is 2.19. The highest BCUT2D eigenvalue weighted by Gasteiger charge is 2.28. The number of carbonyl (C=O) groups excluding carboxylic acids is 1. The molecule has 0 bridgehead atoms. The molecule has 98 valence electrons. The van der Waals surface area contributed by atoms with Gasteiger partial charge in [-0.05, 0) is 18.8 Å². The van der Waals surface area contributed by atoms with Crippen LogP contribution in [0.4, 0.5) is 0 Å². The van der Waals surface area contributed by atoms with Gasteiger partial charge in [-0.1, -0.05) is 42.4 Å². The fourth-order valence-corrected chi connectivity index (χ4v) is 2.40. The highest BCUT2D eigenvalue weighted by atomic mass is 16.5. The smallest absolute Gasteiger partial charge is 0.290 e. The maximum atomic E-state index is 12.0. The molecule has 0 unspecified atom stereocenters. The minimum Gasteiger partial charge on any atom is -0.350 e. The molecule has 0 saturated heterocycles. The number of nitrogens with zero attached hydrogens (tertiary/aromatic N) is 1. The minimum atomic E-state index is -0.174. The first-order chi connectivity index (χ1) is 9.22. The van der Waals surface area contributed by atoms with Crippen LogP contribution in [0, 0.1) is 5.92 Å². The summed E-state index contributed by atoms with van der Waals surface area (Å²) >= 11 is 0. The largest absolute Gasteiger partial charge is 0.350 e. The Labute approximate surface area is 111 Å². The molecule has 0 aliphatic heterocycles. The molecule has 2 aromatic rings. The van der Waals surface area contributed by atoms with Crippen molar-refractivity contribution in [1.82, 2.24) is 10.5 Å². The molecule has 3 rings (SSSR count). The van der Waals surface area contributed by atoms with Crippen molar-refractivity contribution in [1.29, 1.82) is 0 Å². The van der Waals surface area contributed by atoms with Crippen molar-refractivity contribution in [2.24, 2.45) is 5.92 Å². The van der Waals surface area contributed by atoms with E-state index in [1.807, 2.05) is 30.3 Å². The molecular weight excluding hydrogens is 240 g/mol. The van der Waals surface area contributed by atoms with Crippen molar-refractivity contribution < 1.29 is 9.32 Å². The van der Waals surface area contributed by atoms with Crippen LogP contribution in [0.1, 0.15) is 30.3 Å². The molecule has 19 heavy (non-hydrogen) atoms. The second-order valence-corrected chi connectivity index (χ2v) is 5.19. The highest BCUT2D eigenvalue weighted by molar-refractivity contribution is 5.92. The van der Waals surface area contributed by atoms with Crippen LogP contribution in [-0.4, -0.2) is 17.1 Å².